The molecule has 0 bridgehead atoms. The summed E-state index contributed by atoms with van der Waals surface area (Å²) in [4.78, 5) is 6.43. The molecule has 0 aliphatic heterocycles. The summed E-state index contributed by atoms with van der Waals surface area (Å²) < 4.78 is 0. The van der Waals surface area contributed by atoms with Crippen molar-refractivity contribution in [1.82, 2.24) is 9.88 Å². The average molecular weight is 246 g/mol. The molecule has 1 unspecified atom stereocenters. The maximum Gasteiger partial charge on any atom is 0.144 e. The van der Waals surface area contributed by atoms with E-state index in [-0.39, 0.29) is 6.04 Å². The highest BCUT2D eigenvalue weighted by Gasteiger charge is 2.17. The third kappa shape index (κ3) is 3.71. The quantitative estimate of drug-likeness (QED) is 0.866. The van der Waals surface area contributed by atoms with Crippen LogP contribution in [0.3, 0.4) is 0 Å². The van der Waals surface area contributed by atoms with Crippen molar-refractivity contribution in [2.75, 3.05) is 26.0 Å². The maximum absolute atomic E-state index is 9.19. The van der Waals surface area contributed by atoms with Crippen LogP contribution < -0.4 is 5.32 Å². The van der Waals surface area contributed by atoms with Crippen LogP contribution in [0.25, 0.3) is 0 Å². The van der Waals surface area contributed by atoms with Crippen molar-refractivity contribution in [3.8, 4) is 6.07 Å². The van der Waals surface area contributed by atoms with E-state index in [0.29, 0.717) is 17.3 Å². The maximum atomic E-state index is 9.19. The highest BCUT2D eigenvalue weighted by Crippen LogP contribution is 2.18. The predicted molar refractivity (Wildman–Crippen MR) is 74.5 cm³/mol. The predicted octanol–water partition coefficient (Wildman–Crippen LogP) is 2.26. The molecule has 0 saturated heterocycles. The highest BCUT2D eigenvalue weighted by molar-refractivity contribution is 5.55. The van der Waals surface area contributed by atoms with Gasteiger partial charge in [-0.05, 0) is 38.6 Å². The second kappa shape index (κ2) is 6.36. The first-order chi connectivity index (χ1) is 8.45. The third-order valence-corrected chi connectivity index (χ3v) is 2.96. The molecule has 18 heavy (non-hydrogen) atoms. The summed E-state index contributed by atoms with van der Waals surface area (Å²) in [6.07, 6.45) is 1.74. The number of pyridine rings is 1. The van der Waals surface area contributed by atoms with Gasteiger partial charge in [0.1, 0.15) is 11.9 Å². The molecule has 1 rings (SSSR count). The molecule has 4 nitrogen and oxygen atoms in total. The van der Waals surface area contributed by atoms with E-state index in [4.69, 9.17) is 0 Å². The van der Waals surface area contributed by atoms with E-state index < -0.39 is 0 Å². The first-order valence-corrected chi connectivity index (χ1v) is 6.22. The summed E-state index contributed by atoms with van der Waals surface area (Å²) in [5.41, 5.74) is 1.60. The molecule has 0 radical (unpaired) electrons. The molecule has 98 valence electrons. The zero-order chi connectivity index (χ0) is 13.7. The Morgan fingerprint density at radius 2 is 2.11 bits per heavy atom. The molecule has 1 atom stereocenters. The summed E-state index contributed by atoms with van der Waals surface area (Å²) in [5.74, 6) is 1.17. The molecular formula is C14H22N4. The van der Waals surface area contributed by atoms with E-state index in [0.717, 1.165) is 12.1 Å². The third-order valence-electron chi connectivity index (χ3n) is 2.96. The lowest BCUT2D eigenvalue weighted by Gasteiger charge is -2.26. The standard InChI is InChI=1S/C14H22N4/c1-10(2)13(9-18(4)5)17-14-12(8-15)11(3)6-7-16-14/h6-7,10,13H,9H2,1-5H3,(H,16,17). The van der Waals surface area contributed by atoms with Crippen molar-refractivity contribution in [1.29, 1.82) is 5.26 Å². The molecule has 0 spiro atoms. The number of aryl methyl sites for hydroxylation is 1. The smallest absolute Gasteiger partial charge is 0.144 e. The average Bonchev–Trinajstić information content (AvgIpc) is 2.27. The molecule has 4 heteroatoms. The molecule has 0 fully saturated rings. The topological polar surface area (TPSA) is 52.0 Å². The van der Waals surface area contributed by atoms with Gasteiger partial charge >= 0.3 is 0 Å². The van der Waals surface area contributed by atoms with Crippen LogP contribution in [-0.2, 0) is 0 Å². The zero-order valence-electron chi connectivity index (χ0n) is 11.9. The van der Waals surface area contributed by atoms with E-state index >= 15 is 0 Å². The first kappa shape index (κ1) is 14.5. The summed E-state index contributed by atoms with van der Waals surface area (Å²) >= 11 is 0. The van der Waals surface area contributed by atoms with Crippen molar-refractivity contribution in [2.24, 2.45) is 5.92 Å². The number of nitrogens with zero attached hydrogens (tertiary/aromatic N) is 3. The molecular weight excluding hydrogens is 224 g/mol. The zero-order valence-corrected chi connectivity index (χ0v) is 11.9. The van der Waals surface area contributed by atoms with Gasteiger partial charge in [-0.25, -0.2) is 4.98 Å². The Balaban J connectivity index is 2.94. The minimum Gasteiger partial charge on any atom is -0.365 e. The number of hydrogen-bond donors (Lipinski definition) is 1. The van der Waals surface area contributed by atoms with Crippen molar-refractivity contribution in [3.63, 3.8) is 0 Å². The Labute approximate surface area is 110 Å². The number of hydrogen-bond acceptors (Lipinski definition) is 4. The fraction of sp³-hybridized carbons (Fsp3) is 0.571. The lowest BCUT2D eigenvalue weighted by atomic mass is 10.0. The lowest BCUT2D eigenvalue weighted by molar-refractivity contribution is 0.344. The SMILES string of the molecule is Cc1ccnc(NC(CN(C)C)C(C)C)c1C#N. The van der Waals surface area contributed by atoms with Gasteiger partial charge in [0.15, 0.2) is 0 Å². The molecule has 1 N–H and O–H groups in total. The second-order valence-electron chi connectivity index (χ2n) is 5.22. The van der Waals surface area contributed by atoms with Gasteiger partial charge in [-0.2, -0.15) is 5.26 Å². The molecule has 1 aromatic rings. The van der Waals surface area contributed by atoms with Crippen molar-refractivity contribution < 1.29 is 0 Å². The van der Waals surface area contributed by atoms with Crippen LogP contribution in [-0.4, -0.2) is 36.6 Å². The number of anilines is 1. The van der Waals surface area contributed by atoms with Gasteiger partial charge in [0.05, 0.1) is 5.56 Å². The van der Waals surface area contributed by atoms with Gasteiger partial charge in [0.2, 0.25) is 0 Å². The largest absolute Gasteiger partial charge is 0.365 e. The van der Waals surface area contributed by atoms with Crippen molar-refractivity contribution in [3.05, 3.63) is 23.4 Å². The van der Waals surface area contributed by atoms with Gasteiger partial charge < -0.3 is 10.2 Å². The highest BCUT2D eigenvalue weighted by atomic mass is 15.1. The monoisotopic (exact) mass is 246 g/mol. The van der Waals surface area contributed by atoms with Gasteiger partial charge in [-0.1, -0.05) is 13.8 Å². The van der Waals surface area contributed by atoms with E-state index in [2.05, 4.69) is 35.1 Å². The summed E-state index contributed by atoms with van der Waals surface area (Å²) in [7, 11) is 4.10. The molecule has 0 saturated carbocycles. The number of likely N-dealkylation sites (N-methyl/N-ethyl adjacent to an activating group) is 1. The van der Waals surface area contributed by atoms with Gasteiger partial charge in [-0.3, -0.25) is 0 Å². The van der Waals surface area contributed by atoms with E-state index in [1.54, 1.807) is 6.20 Å². The van der Waals surface area contributed by atoms with Crippen LogP contribution in [0.2, 0.25) is 0 Å². The Bertz CT molecular complexity index is 432. The van der Waals surface area contributed by atoms with Crippen molar-refractivity contribution >= 4 is 5.82 Å². The number of nitrogens with one attached hydrogen (secondary N) is 1. The number of nitriles is 1. The Hall–Kier alpha value is -1.60. The summed E-state index contributed by atoms with van der Waals surface area (Å²) in [5, 5.41) is 12.6. The van der Waals surface area contributed by atoms with Crippen LogP contribution in [0.1, 0.15) is 25.0 Å². The number of aromatic nitrogens is 1. The van der Waals surface area contributed by atoms with Crippen LogP contribution in [0.5, 0.6) is 0 Å². The molecule has 0 amide bonds. The lowest BCUT2D eigenvalue weighted by Crippen LogP contribution is -2.37. The van der Waals surface area contributed by atoms with Crippen molar-refractivity contribution in [2.45, 2.75) is 26.8 Å². The van der Waals surface area contributed by atoms with Crippen LogP contribution in [0, 0.1) is 24.2 Å². The minimum atomic E-state index is 0.279. The van der Waals surface area contributed by atoms with Gasteiger partial charge in [0, 0.05) is 18.8 Å². The first-order valence-electron chi connectivity index (χ1n) is 6.22. The van der Waals surface area contributed by atoms with E-state index in [9.17, 15) is 5.26 Å². The van der Waals surface area contributed by atoms with Crippen LogP contribution in [0.15, 0.2) is 12.3 Å². The molecule has 0 aliphatic rings. The van der Waals surface area contributed by atoms with E-state index in [1.807, 2.05) is 27.1 Å². The fourth-order valence-corrected chi connectivity index (χ4v) is 1.80. The molecule has 1 heterocycles. The second-order valence-corrected chi connectivity index (χ2v) is 5.22. The summed E-state index contributed by atoms with van der Waals surface area (Å²) in [6, 6.07) is 4.36. The fourth-order valence-electron chi connectivity index (χ4n) is 1.80. The Morgan fingerprint density at radius 1 is 1.44 bits per heavy atom. The normalized spacial score (nSPS) is 12.6. The van der Waals surface area contributed by atoms with Gasteiger partial charge in [-0.15, -0.1) is 0 Å². The number of rotatable bonds is 5. The Kier molecular flexibility index (Phi) is 5.11. The van der Waals surface area contributed by atoms with Gasteiger partial charge in [0.25, 0.3) is 0 Å². The minimum absolute atomic E-state index is 0.279. The molecule has 1 aromatic heterocycles. The van der Waals surface area contributed by atoms with Crippen LogP contribution >= 0.6 is 0 Å². The molecule has 0 aliphatic carbocycles. The van der Waals surface area contributed by atoms with E-state index in [1.165, 1.54) is 0 Å². The summed E-state index contributed by atoms with van der Waals surface area (Å²) in [6.45, 7) is 7.19. The Morgan fingerprint density at radius 3 is 2.61 bits per heavy atom. The van der Waals surface area contributed by atoms with Crippen LogP contribution in [0.4, 0.5) is 5.82 Å². The molecule has 0 aromatic carbocycles.